The summed E-state index contributed by atoms with van der Waals surface area (Å²) in [4.78, 5) is 49.9. The SMILES string of the molecule is O=C(O)CC(NC(=O)CNC(=O)CCCNc1ccccn1)c1ccccc1[N+](=O)[O-].[Na]. The molecule has 1 radical (unpaired) electrons. The molecule has 0 fully saturated rings. The number of para-hydroxylation sites is 1. The third-order valence-electron chi connectivity index (χ3n) is 4.22. The maximum atomic E-state index is 12.2. The molecule has 12 heteroatoms. The summed E-state index contributed by atoms with van der Waals surface area (Å²) in [5.74, 6) is -1.53. The maximum Gasteiger partial charge on any atom is 0.305 e. The Bertz CT molecular complexity index is 928. The van der Waals surface area contributed by atoms with E-state index in [-0.39, 0.29) is 59.7 Å². The summed E-state index contributed by atoms with van der Waals surface area (Å²) in [7, 11) is 0. The number of rotatable bonds is 12. The van der Waals surface area contributed by atoms with Crippen LogP contribution in [0.1, 0.15) is 30.9 Å². The number of nitro benzene ring substituents is 1. The van der Waals surface area contributed by atoms with Crippen molar-refractivity contribution in [3.8, 4) is 0 Å². The normalized spacial score (nSPS) is 10.9. The Morgan fingerprint density at radius 2 is 1.81 bits per heavy atom. The third kappa shape index (κ3) is 9.41. The van der Waals surface area contributed by atoms with Crippen molar-refractivity contribution >= 4 is 58.8 Å². The number of anilines is 1. The van der Waals surface area contributed by atoms with Crippen molar-refractivity contribution in [2.45, 2.75) is 25.3 Å². The van der Waals surface area contributed by atoms with Gasteiger partial charge < -0.3 is 21.1 Å². The van der Waals surface area contributed by atoms with E-state index in [4.69, 9.17) is 5.11 Å². The van der Waals surface area contributed by atoms with Gasteiger partial charge in [0.1, 0.15) is 5.82 Å². The van der Waals surface area contributed by atoms with Crippen molar-refractivity contribution < 1.29 is 24.4 Å². The largest absolute Gasteiger partial charge is 0.481 e. The van der Waals surface area contributed by atoms with Crippen molar-refractivity contribution in [3.05, 3.63) is 64.3 Å². The molecule has 4 N–H and O–H groups in total. The first-order valence-electron chi connectivity index (χ1n) is 9.53. The average Bonchev–Trinajstić information content (AvgIpc) is 2.75. The first-order valence-corrected chi connectivity index (χ1v) is 9.53. The van der Waals surface area contributed by atoms with Crippen LogP contribution in [0.25, 0.3) is 0 Å². The Balaban J connectivity index is 0.00000512. The molecule has 1 unspecified atom stereocenters. The van der Waals surface area contributed by atoms with Crippen LogP contribution < -0.4 is 16.0 Å². The average molecular weight is 452 g/mol. The zero-order valence-electron chi connectivity index (χ0n) is 17.6. The van der Waals surface area contributed by atoms with Gasteiger partial charge in [-0.2, -0.15) is 0 Å². The van der Waals surface area contributed by atoms with Crippen LogP contribution in [0.3, 0.4) is 0 Å². The monoisotopic (exact) mass is 452 g/mol. The molecule has 0 aliphatic heterocycles. The molecule has 1 heterocycles. The fourth-order valence-electron chi connectivity index (χ4n) is 2.81. The van der Waals surface area contributed by atoms with Crippen molar-refractivity contribution in [1.82, 2.24) is 15.6 Å². The molecule has 2 aromatic rings. The van der Waals surface area contributed by atoms with E-state index >= 15 is 0 Å². The Labute approximate surface area is 206 Å². The molecule has 0 saturated heterocycles. The first-order chi connectivity index (χ1) is 14.9. The molecule has 1 atom stereocenters. The molecule has 32 heavy (non-hydrogen) atoms. The number of nitro groups is 1. The zero-order valence-corrected chi connectivity index (χ0v) is 19.6. The fourth-order valence-corrected chi connectivity index (χ4v) is 2.81. The van der Waals surface area contributed by atoms with Crippen LogP contribution in [0.5, 0.6) is 0 Å². The number of amides is 2. The van der Waals surface area contributed by atoms with E-state index in [0.29, 0.717) is 18.8 Å². The van der Waals surface area contributed by atoms with Crippen LogP contribution in [-0.4, -0.2) is 75.4 Å². The van der Waals surface area contributed by atoms with Crippen LogP contribution in [0.4, 0.5) is 11.5 Å². The van der Waals surface area contributed by atoms with Gasteiger partial charge in [-0.15, -0.1) is 0 Å². The number of hydrogen-bond donors (Lipinski definition) is 4. The number of aromatic nitrogens is 1. The van der Waals surface area contributed by atoms with Gasteiger partial charge in [-0.1, -0.05) is 24.3 Å². The quantitative estimate of drug-likeness (QED) is 0.162. The van der Waals surface area contributed by atoms with Crippen molar-refractivity contribution in [3.63, 3.8) is 0 Å². The number of carbonyl (C=O) groups excluding carboxylic acids is 2. The molecular formula is C20H23N5NaO6. The molecule has 165 valence electrons. The second-order valence-corrected chi connectivity index (χ2v) is 6.56. The molecule has 0 bridgehead atoms. The molecular weight excluding hydrogens is 429 g/mol. The second kappa shape index (κ2) is 14.1. The Kier molecular flexibility index (Phi) is 11.9. The smallest absolute Gasteiger partial charge is 0.305 e. The third-order valence-corrected chi connectivity index (χ3v) is 4.22. The van der Waals surface area contributed by atoms with Crippen molar-refractivity contribution in [2.24, 2.45) is 0 Å². The molecule has 2 rings (SSSR count). The van der Waals surface area contributed by atoms with Gasteiger partial charge in [0.2, 0.25) is 11.8 Å². The Hall–Kier alpha value is -3.02. The summed E-state index contributed by atoms with van der Waals surface area (Å²) >= 11 is 0. The van der Waals surface area contributed by atoms with Crippen LogP contribution in [0.15, 0.2) is 48.7 Å². The standard InChI is InChI=1S/C20H23N5O6.Na/c26-18(9-5-11-22-17-8-3-4-10-21-17)23-13-19(27)24-15(12-20(28)29)14-6-1-2-7-16(14)25(30)31;/h1-4,6-8,10,15H,5,9,11-13H2,(H,21,22)(H,23,26)(H,24,27)(H,28,29);. The summed E-state index contributed by atoms with van der Waals surface area (Å²) in [5, 5.41) is 28.3. The number of benzene rings is 1. The number of aliphatic carboxylic acids is 1. The summed E-state index contributed by atoms with van der Waals surface area (Å²) < 4.78 is 0. The van der Waals surface area contributed by atoms with E-state index in [1.165, 1.54) is 24.3 Å². The molecule has 0 saturated carbocycles. The Morgan fingerprint density at radius 1 is 1.09 bits per heavy atom. The van der Waals surface area contributed by atoms with Crippen LogP contribution in [0, 0.1) is 10.1 Å². The summed E-state index contributed by atoms with van der Waals surface area (Å²) in [6.07, 6.45) is 1.80. The number of pyridine rings is 1. The zero-order chi connectivity index (χ0) is 22.6. The molecule has 2 amide bonds. The minimum atomic E-state index is -1.23. The van der Waals surface area contributed by atoms with Gasteiger partial charge in [-0.25, -0.2) is 4.98 Å². The minimum absolute atomic E-state index is 0. The van der Waals surface area contributed by atoms with E-state index in [1.807, 2.05) is 6.07 Å². The van der Waals surface area contributed by atoms with Gasteiger partial charge >= 0.3 is 5.97 Å². The topological polar surface area (TPSA) is 164 Å². The molecule has 0 aliphatic carbocycles. The first kappa shape index (κ1) is 27.0. The van der Waals surface area contributed by atoms with E-state index < -0.39 is 29.3 Å². The van der Waals surface area contributed by atoms with E-state index in [0.717, 1.165) is 0 Å². The van der Waals surface area contributed by atoms with Gasteiger partial charge in [0.05, 0.1) is 29.5 Å². The summed E-state index contributed by atoms with van der Waals surface area (Å²) in [5.41, 5.74) is -0.214. The van der Waals surface area contributed by atoms with Crippen molar-refractivity contribution in [1.29, 1.82) is 0 Å². The van der Waals surface area contributed by atoms with Crippen LogP contribution in [0.2, 0.25) is 0 Å². The number of nitrogens with zero attached hydrogens (tertiary/aromatic N) is 2. The number of carbonyl (C=O) groups is 3. The fraction of sp³-hybridized carbons (Fsp3) is 0.300. The molecule has 0 aliphatic rings. The minimum Gasteiger partial charge on any atom is -0.481 e. The van der Waals surface area contributed by atoms with E-state index in [1.54, 1.807) is 18.3 Å². The predicted octanol–water partition coefficient (Wildman–Crippen LogP) is 1.25. The number of nitrogens with one attached hydrogen (secondary N) is 3. The molecule has 1 aromatic carbocycles. The van der Waals surface area contributed by atoms with E-state index in [9.17, 15) is 24.5 Å². The predicted molar refractivity (Wildman–Crippen MR) is 117 cm³/mol. The van der Waals surface area contributed by atoms with Crippen LogP contribution in [-0.2, 0) is 14.4 Å². The van der Waals surface area contributed by atoms with Crippen molar-refractivity contribution in [2.75, 3.05) is 18.4 Å². The van der Waals surface area contributed by atoms with E-state index in [2.05, 4.69) is 20.9 Å². The van der Waals surface area contributed by atoms with Gasteiger partial charge in [0.15, 0.2) is 0 Å². The van der Waals surface area contributed by atoms with Gasteiger partial charge in [-0.05, 0) is 18.6 Å². The number of hydrogen-bond acceptors (Lipinski definition) is 7. The molecule has 1 aromatic heterocycles. The van der Waals surface area contributed by atoms with Gasteiger partial charge in [-0.3, -0.25) is 24.5 Å². The molecule has 0 spiro atoms. The Morgan fingerprint density at radius 3 is 2.47 bits per heavy atom. The van der Waals surface area contributed by atoms with Gasteiger partial charge in [0, 0.05) is 54.8 Å². The number of carboxylic acid groups (broad SMARTS) is 1. The molecule has 11 nitrogen and oxygen atoms in total. The maximum absolute atomic E-state index is 12.2. The summed E-state index contributed by atoms with van der Waals surface area (Å²) in [6.45, 7) is 0.151. The number of carboxylic acids is 1. The van der Waals surface area contributed by atoms with Gasteiger partial charge in [0.25, 0.3) is 5.69 Å². The van der Waals surface area contributed by atoms with Crippen LogP contribution >= 0.6 is 0 Å². The summed E-state index contributed by atoms with van der Waals surface area (Å²) in [6, 6.07) is 9.91. The second-order valence-electron chi connectivity index (χ2n) is 6.56.